The number of hydrogen-bond donors (Lipinski definition) is 1. The summed E-state index contributed by atoms with van der Waals surface area (Å²) in [7, 11) is 0. The number of nitrogens with one attached hydrogen (secondary N) is 1. The van der Waals surface area contributed by atoms with Gasteiger partial charge in [-0.25, -0.2) is 4.79 Å². The lowest BCUT2D eigenvalue weighted by Crippen LogP contribution is -2.35. The second kappa shape index (κ2) is 9.32. The molecule has 0 fully saturated rings. The van der Waals surface area contributed by atoms with Crippen LogP contribution in [0, 0.1) is 0 Å². The van der Waals surface area contributed by atoms with Crippen molar-refractivity contribution in [3.05, 3.63) is 60.1 Å². The topological polar surface area (TPSA) is 77.8 Å². The molecule has 132 valence electrons. The summed E-state index contributed by atoms with van der Waals surface area (Å²) in [6.45, 7) is 4.27. The molecule has 6 heteroatoms. The standard InChI is InChI=1S/C19H21NO5/c1-3-23-16-9-6-15(7-10-16)8-11-18(21)25-14(2)19(22)20-13-17-5-4-12-24-17/h4-12,14H,3,13H2,1-2H3,(H,20,22)/b11-8+/t14-/m1/s1. The fourth-order valence-corrected chi connectivity index (χ4v) is 2.00. The van der Waals surface area contributed by atoms with Crippen molar-refractivity contribution < 1.29 is 23.5 Å². The Morgan fingerprint density at radius 1 is 1.24 bits per heavy atom. The Hall–Kier alpha value is -3.02. The van der Waals surface area contributed by atoms with E-state index in [0.29, 0.717) is 12.4 Å². The highest BCUT2D eigenvalue weighted by Crippen LogP contribution is 2.13. The second-order valence-electron chi connectivity index (χ2n) is 5.21. The van der Waals surface area contributed by atoms with Gasteiger partial charge in [-0.15, -0.1) is 0 Å². The van der Waals surface area contributed by atoms with E-state index in [9.17, 15) is 9.59 Å². The number of furan rings is 1. The number of carbonyl (C=O) groups is 2. The molecule has 1 aromatic heterocycles. The van der Waals surface area contributed by atoms with E-state index in [2.05, 4.69) is 5.32 Å². The van der Waals surface area contributed by atoms with Crippen molar-refractivity contribution in [2.24, 2.45) is 0 Å². The van der Waals surface area contributed by atoms with Crippen LogP contribution in [0.5, 0.6) is 5.75 Å². The minimum Gasteiger partial charge on any atom is -0.494 e. The monoisotopic (exact) mass is 343 g/mol. The molecule has 0 aliphatic rings. The molecule has 1 aromatic carbocycles. The Kier molecular flexibility index (Phi) is 6.83. The summed E-state index contributed by atoms with van der Waals surface area (Å²) in [5.74, 6) is 0.417. The van der Waals surface area contributed by atoms with Gasteiger partial charge in [0.05, 0.1) is 19.4 Å². The molecule has 1 atom stereocenters. The summed E-state index contributed by atoms with van der Waals surface area (Å²) in [6.07, 6.45) is 3.53. The van der Waals surface area contributed by atoms with Crippen LogP contribution in [0.2, 0.25) is 0 Å². The maximum atomic E-state index is 11.9. The van der Waals surface area contributed by atoms with Crippen molar-refractivity contribution in [2.75, 3.05) is 6.61 Å². The van der Waals surface area contributed by atoms with Crippen LogP contribution in [0.15, 0.2) is 53.2 Å². The molecule has 1 heterocycles. The Labute approximate surface area is 146 Å². The van der Waals surface area contributed by atoms with Gasteiger partial charge in [0.25, 0.3) is 5.91 Å². The van der Waals surface area contributed by atoms with Crippen LogP contribution in [0.25, 0.3) is 6.08 Å². The Balaban J connectivity index is 1.78. The summed E-state index contributed by atoms with van der Waals surface area (Å²) >= 11 is 0. The first kappa shape index (κ1) is 18.3. The maximum absolute atomic E-state index is 11.9. The SMILES string of the molecule is CCOc1ccc(/C=C/C(=O)O[C@H](C)C(=O)NCc2ccco2)cc1. The Bertz CT molecular complexity index is 704. The fourth-order valence-electron chi connectivity index (χ4n) is 2.00. The summed E-state index contributed by atoms with van der Waals surface area (Å²) in [5, 5.41) is 2.63. The largest absolute Gasteiger partial charge is 0.494 e. The molecule has 0 bridgehead atoms. The highest BCUT2D eigenvalue weighted by atomic mass is 16.5. The lowest BCUT2D eigenvalue weighted by molar-refractivity contribution is -0.150. The number of benzene rings is 1. The van der Waals surface area contributed by atoms with Gasteiger partial charge in [0, 0.05) is 6.08 Å². The quantitative estimate of drug-likeness (QED) is 0.589. The average molecular weight is 343 g/mol. The van der Waals surface area contributed by atoms with Gasteiger partial charge >= 0.3 is 5.97 Å². The molecule has 0 spiro atoms. The van der Waals surface area contributed by atoms with Crippen molar-refractivity contribution in [1.82, 2.24) is 5.32 Å². The number of rotatable bonds is 8. The minimum absolute atomic E-state index is 0.246. The number of amides is 1. The first-order valence-electron chi connectivity index (χ1n) is 8.00. The van der Waals surface area contributed by atoms with E-state index < -0.39 is 12.1 Å². The molecule has 0 saturated carbocycles. The zero-order valence-electron chi connectivity index (χ0n) is 14.2. The molecule has 0 saturated heterocycles. The van der Waals surface area contributed by atoms with Gasteiger partial charge in [-0.3, -0.25) is 4.79 Å². The van der Waals surface area contributed by atoms with Crippen LogP contribution < -0.4 is 10.1 Å². The van der Waals surface area contributed by atoms with E-state index in [0.717, 1.165) is 11.3 Å². The summed E-state index contributed by atoms with van der Waals surface area (Å²) in [6, 6.07) is 10.8. The van der Waals surface area contributed by atoms with Gasteiger partial charge in [-0.2, -0.15) is 0 Å². The van der Waals surface area contributed by atoms with Crippen LogP contribution in [-0.2, 0) is 20.9 Å². The van der Waals surface area contributed by atoms with E-state index in [1.807, 2.05) is 31.2 Å². The van der Waals surface area contributed by atoms with E-state index >= 15 is 0 Å². The molecule has 1 amide bonds. The van der Waals surface area contributed by atoms with E-state index in [1.54, 1.807) is 18.2 Å². The van der Waals surface area contributed by atoms with Gasteiger partial charge in [0.2, 0.25) is 0 Å². The fraction of sp³-hybridized carbons (Fsp3) is 0.263. The van der Waals surface area contributed by atoms with E-state index in [-0.39, 0.29) is 12.5 Å². The molecule has 0 aliphatic heterocycles. The molecule has 6 nitrogen and oxygen atoms in total. The van der Waals surface area contributed by atoms with Crippen LogP contribution >= 0.6 is 0 Å². The zero-order valence-corrected chi connectivity index (χ0v) is 14.2. The van der Waals surface area contributed by atoms with Gasteiger partial charge < -0.3 is 19.2 Å². The lowest BCUT2D eigenvalue weighted by Gasteiger charge is -2.11. The molecule has 0 unspecified atom stereocenters. The summed E-state index contributed by atoms with van der Waals surface area (Å²) in [4.78, 5) is 23.7. The Morgan fingerprint density at radius 3 is 2.64 bits per heavy atom. The lowest BCUT2D eigenvalue weighted by atomic mass is 10.2. The first-order valence-corrected chi connectivity index (χ1v) is 8.00. The average Bonchev–Trinajstić information content (AvgIpc) is 3.13. The highest BCUT2D eigenvalue weighted by Gasteiger charge is 2.16. The summed E-state index contributed by atoms with van der Waals surface area (Å²) < 4.78 is 15.5. The van der Waals surface area contributed by atoms with Crippen LogP contribution in [0.4, 0.5) is 0 Å². The van der Waals surface area contributed by atoms with Crippen LogP contribution in [0.3, 0.4) is 0 Å². The molecule has 2 aromatic rings. The van der Waals surface area contributed by atoms with Crippen molar-refractivity contribution >= 4 is 18.0 Å². The smallest absolute Gasteiger partial charge is 0.331 e. The molecule has 2 rings (SSSR count). The highest BCUT2D eigenvalue weighted by molar-refractivity contribution is 5.90. The Morgan fingerprint density at radius 2 is 2.00 bits per heavy atom. The second-order valence-corrected chi connectivity index (χ2v) is 5.21. The number of ether oxygens (including phenoxy) is 2. The van der Waals surface area contributed by atoms with Crippen molar-refractivity contribution in [2.45, 2.75) is 26.5 Å². The third-order valence-electron chi connectivity index (χ3n) is 3.28. The molecule has 0 radical (unpaired) electrons. The van der Waals surface area contributed by atoms with E-state index in [1.165, 1.54) is 19.3 Å². The first-order chi connectivity index (χ1) is 12.1. The number of carbonyl (C=O) groups excluding carboxylic acids is 2. The molecular weight excluding hydrogens is 322 g/mol. The third-order valence-corrected chi connectivity index (χ3v) is 3.28. The zero-order chi connectivity index (χ0) is 18.1. The molecular formula is C19H21NO5. The van der Waals surface area contributed by atoms with Crippen molar-refractivity contribution in [3.63, 3.8) is 0 Å². The normalized spacial score (nSPS) is 11.9. The third kappa shape index (κ3) is 6.18. The maximum Gasteiger partial charge on any atom is 0.331 e. The number of hydrogen-bond acceptors (Lipinski definition) is 5. The van der Waals surface area contributed by atoms with Gasteiger partial charge in [0.15, 0.2) is 6.10 Å². The summed E-state index contributed by atoms with van der Waals surface area (Å²) in [5.41, 5.74) is 0.829. The van der Waals surface area contributed by atoms with Gasteiger partial charge in [0.1, 0.15) is 11.5 Å². The van der Waals surface area contributed by atoms with Crippen molar-refractivity contribution in [3.8, 4) is 5.75 Å². The van der Waals surface area contributed by atoms with Gasteiger partial charge in [-0.05, 0) is 49.8 Å². The number of esters is 1. The molecule has 25 heavy (non-hydrogen) atoms. The van der Waals surface area contributed by atoms with Crippen LogP contribution in [0.1, 0.15) is 25.2 Å². The minimum atomic E-state index is -0.896. The molecule has 0 aliphatic carbocycles. The van der Waals surface area contributed by atoms with E-state index in [4.69, 9.17) is 13.9 Å². The molecule has 1 N–H and O–H groups in total. The van der Waals surface area contributed by atoms with Gasteiger partial charge in [-0.1, -0.05) is 12.1 Å². The van der Waals surface area contributed by atoms with Crippen molar-refractivity contribution in [1.29, 1.82) is 0 Å². The predicted molar refractivity (Wildman–Crippen MR) is 92.8 cm³/mol. The van der Waals surface area contributed by atoms with Crippen LogP contribution in [-0.4, -0.2) is 24.6 Å². The predicted octanol–water partition coefficient (Wildman–Crippen LogP) is 2.94.